The van der Waals surface area contributed by atoms with Crippen molar-refractivity contribution in [2.24, 2.45) is 0 Å². The summed E-state index contributed by atoms with van der Waals surface area (Å²) in [5.74, 6) is 0. The second-order valence-corrected chi connectivity index (χ2v) is 5.48. The summed E-state index contributed by atoms with van der Waals surface area (Å²) in [6.45, 7) is 1.54. The van der Waals surface area contributed by atoms with Gasteiger partial charge in [0.2, 0.25) is 0 Å². The summed E-state index contributed by atoms with van der Waals surface area (Å²) in [5, 5.41) is 14.0. The fourth-order valence-corrected chi connectivity index (χ4v) is 2.82. The van der Waals surface area contributed by atoms with E-state index in [0.717, 1.165) is 18.7 Å². The van der Waals surface area contributed by atoms with Crippen molar-refractivity contribution < 1.29 is 4.92 Å². The fraction of sp³-hybridized carbons (Fsp3) is 0.294. The maximum absolute atomic E-state index is 10.6. The molecule has 2 aromatic rings. The lowest BCUT2D eigenvalue weighted by molar-refractivity contribution is -0.384. The molecule has 0 heterocycles. The number of hydrogen-bond donors (Lipinski definition) is 1. The number of fused-ring (bicyclic) bond motifs is 1. The first kappa shape index (κ1) is 13.8. The highest BCUT2D eigenvalue weighted by molar-refractivity contribution is 5.35. The lowest BCUT2D eigenvalue weighted by Crippen LogP contribution is -2.12. The average molecular weight is 282 g/mol. The zero-order valence-electron chi connectivity index (χ0n) is 11.8. The van der Waals surface area contributed by atoms with Crippen LogP contribution in [0.25, 0.3) is 0 Å². The van der Waals surface area contributed by atoms with E-state index in [4.69, 9.17) is 0 Å². The minimum absolute atomic E-state index is 0.136. The van der Waals surface area contributed by atoms with E-state index in [9.17, 15) is 10.1 Å². The SMILES string of the molecule is O=[N+]([O-])c1ccc(CNCc2ccc3c(c2)CCC3)cc1. The topological polar surface area (TPSA) is 55.2 Å². The second-order valence-electron chi connectivity index (χ2n) is 5.48. The zero-order valence-corrected chi connectivity index (χ0v) is 11.8. The first-order valence-electron chi connectivity index (χ1n) is 7.27. The van der Waals surface area contributed by atoms with Crippen LogP contribution in [0, 0.1) is 10.1 Å². The Hall–Kier alpha value is -2.20. The lowest BCUT2D eigenvalue weighted by Gasteiger charge is -2.07. The molecule has 1 aliphatic carbocycles. The van der Waals surface area contributed by atoms with Gasteiger partial charge in [-0.15, -0.1) is 0 Å². The standard InChI is InChI=1S/C17H18N2O2/c20-19(21)17-8-5-13(6-9-17)11-18-12-14-4-7-15-2-1-3-16(15)10-14/h4-10,18H,1-3,11-12H2. The molecule has 0 aliphatic heterocycles. The molecule has 0 spiro atoms. The Morgan fingerprint density at radius 2 is 1.62 bits per heavy atom. The molecule has 4 nitrogen and oxygen atoms in total. The van der Waals surface area contributed by atoms with Crippen molar-refractivity contribution in [1.82, 2.24) is 5.32 Å². The van der Waals surface area contributed by atoms with Crippen LogP contribution in [-0.4, -0.2) is 4.92 Å². The van der Waals surface area contributed by atoms with Gasteiger partial charge in [-0.25, -0.2) is 0 Å². The minimum Gasteiger partial charge on any atom is -0.309 e. The van der Waals surface area contributed by atoms with Crippen LogP contribution in [0.1, 0.15) is 28.7 Å². The van der Waals surface area contributed by atoms with Gasteiger partial charge in [0, 0.05) is 25.2 Å². The third-order valence-electron chi connectivity index (χ3n) is 3.97. The van der Waals surface area contributed by atoms with Gasteiger partial charge in [-0.2, -0.15) is 0 Å². The molecular formula is C17H18N2O2. The Bertz CT molecular complexity index is 650. The molecule has 0 radical (unpaired) electrons. The molecule has 2 aromatic carbocycles. The van der Waals surface area contributed by atoms with E-state index in [1.807, 2.05) is 0 Å². The van der Waals surface area contributed by atoms with Crippen LogP contribution in [-0.2, 0) is 25.9 Å². The van der Waals surface area contributed by atoms with E-state index in [0.29, 0.717) is 0 Å². The zero-order chi connectivity index (χ0) is 14.7. The van der Waals surface area contributed by atoms with Crippen molar-refractivity contribution in [1.29, 1.82) is 0 Å². The van der Waals surface area contributed by atoms with Crippen molar-refractivity contribution in [2.75, 3.05) is 0 Å². The summed E-state index contributed by atoms with van der Waals surface area (Å²) >= 11 is 0. The highest BCUT2D eigenvalue weighted by atomic mass is 16.6. The van der Waals surface area contributed by atoms with Crippen molar-refractivity contribution in [3.63, 3.8) is 0 Å². The van der Waals surface area contributed by atoms with Gasteiger partial charge in [0.15, 0.2) is 0 Å². The first-order chi connectivity index (χ1) is 10.2. The molecule has 0 fully saturated rings. The molecule has 0 saturated carbocycles. The molecule has 3 rings (SSSR count). The van der Waals surface area contributed by atoms with Crippen LogP contribution in [0.15, 0.2) is 42.5 Å². The molecule has 4 heteroatoms. The monoisotopic (exact) mass is 282 g/mol. The van der Waals surface area contributed by atoms with Gasteiger partial charge < -0.3 is 5.32 Å². The van der Waals surface area contributed by atoms with Crippen LogP contribution in [0.3, 0.4) is 0 Å². The Morgan fingerprint density at radius 1 is 0.952 bits per heavy atom. The minimum atomic E-state index is -0.373. The number of rotatable bonds is 5. The summed E-state index contributed by atoms with van der Waals surface area (Å²) < 4.78 is 0. The Kier molecular flexibility index (Phi) is 3.97. The number of non-ortho nitro benzene ring substituents is 1. The van der Waals surface area contributed by atoms with Gasteiger partial charge >= 0.3 is 0 Å². The Morgan fingerprint density at radius 3 is 2.38 bits per heavy atom. The van der Waals surface area contributed by atoms with Gasteiger partial charge in [0.05, 0.1) is 4.92 Å². The highest BCUT2D eigenvalue weighted by Gasteiger charge is 2.10. The third kappa shape index (κ3) is 3.28. The second kappa shape index (κ2) is 6.06. The maximum atomic E-state index is 10.6. The largest absolute Gasteiger partial charge is 0.309 e. The predicted octanol–water partition coefficient (Wildman–Crippen LogP) is 3.37. The third-order valence-corrected chi connectivity index (χ3v) is 3.97. The quantitative estimate of drug-likeness (QED) is 0.675. The highest BCUT2D eigenvalue weighted by Crippen LogP contribution is 2.22. The number of nitrogens with zero attached hydrogens (tertiary/aromatic N) is 1. The van der Waals surface area contributed by atoms with E-state index in [2.05, 4.69) is 23.5 Å². The molecule has 1 aliphatic rings. The van der Waals surface area contributed by atoms with Gasteiger partial charge in [-0.1, -0.05) is 30.3 Å². The van der Waals surface area contributed by atoms with Crippen molar-refractivity contribution in [3.05, 3.63) is 74.8 Å². The Labute approximate surface area is 124 Å². The molecule has 21 heavy (non-hydrogen) atoms. The smallest absolute Gasteiger partial charge is 0.269 e. The maximum Gasteiger partial charge on any atom is 0.269 e. The van der Waals surface area contributed by atoms with E-state index in [-0.39, 0.29) is 10.6 Å². The molecule has 0 amide bonds. The summed E-state index contributed by atoms with van der Waals surface area (Å²) in [6.07, 6.45) is 3.69. The number of nitro benzene ring substituents is 1. The van der Waals surface area contributed by atoms with Crippen LogP contribution in [0.2, 0.25) is 0 Å². The van der Waals surface area contributed by atoms with Crippen molar-refractivity contribution >= 4 is 5.69 Å². The number of nitro groups is 1. The van der Waals surface area contributed by atoms with Crippen molar-refractivity contribution in [3.8, 4) is 0 Å². The van der Waals surface area contributed by atoms with Crippen molar-refractivity contribution in [2.45, 2.75) is 32.4 Å². The molecule has 1 N–H and O–H groups in total. The molecule has 0 saturated heterocycles. The number of benzene rings is 2. The normalized spacial score (nSPS) is 13.1. The molecule has 0 atom stereocenters. The predicted molar refractivity (Wildman–Crippen MR) is 82.1 cm³/mol. The molecule has 0 unspecified atom stereocenters. The van der Waals surface area contributed by atoms with Crippen LogP contribution in [0.5, 0.6) is 0 Å². The van der Waals surface area contributed by atoms with E-state index < -0.39 is 0 Å². The first-order valence-corrected chi connectivity index (χ1v) is 7.27. The van der Waals surface area contributed by atoms with Crippen LogP contribution in [0.4, 0.5) is 5.69 Å². The molecule has 0 bridgehead atoms. The number of nitrogens with one attached hydrogen (secondary N) is 1. The van der Waals surface area contributed by atoms with Gasteiger partial charge in [-0.05, 0) is 41.5 Å². The number of hydrogen-bond acceptors (Lipinski definition) is 3. The lowest BCUT2D eigenvalue weighted by atomic mass is 10.1. The van der Waals surface area contributed by atoms with E-state index in [1.54, 1.807) is 24.3 Å². The fourth-order valence-electron chi connectivity index (χ4n) is 2.82. The molecule has 0 aromatic heterocycles. The van der Waals surface area contributed by atoms with Crippen LogP contribution >= 0.6 is 0 Å². The summed E-state index contributed by atoms with van der Waals surface area (Å²) in [6, 6.07) is 13.4. The van der Waals surface area contributed by atoms with Crippen LogP contribution < -0.4 is 5.32 Å². The van der Waals surface area contributed by atoms with Gasteiger partial charge in [0.1, 0.15) is 0 Å². The van der Waals surface area contributed by atoms with Gasteiger partial charge in [0.25, 0.3) is 5.69 Å². The van der Waals surface area contributed by atoms with E-state index in [1.165, 1.54) is 36.0 Å². The Balaban J connectivity index is 1.55. The summed E-state index contributed by atoms with van der Waals surface area (Å²) in [5.41, 5.74) is 5.48. The molecular weight excluding hydrogens is 264 g/mol. The number of aryl methyl sites for hydroxylation is 2. The molecule has 108 valence electrons. The average Bonchev–Trinajstić information content (AvgIpc) is 2.95. The summed E-state index contributed by atoms with van der Waals surface area (Å²) in [4.78, 5) is 10.2. The van der Waals surface area contributed by atoms with E-state index >= 15 is 0 Å². The summed E-state index contributed by atoms with van der Waals surface area (Å²) in [7, 11) is 0. The van der Waals surface area contributed by atoms with Gasteiger partial charge in [-0.3, -0.25) is 10.1 Å².